The first-order valence-corrected chi connectivity index (χ1v) is 28.6. The molecular weight excluding hydrogens is 1010 g/mol. The van der Waals surface area contributed by atoms with Crippen LogP contribution in [-0.4, -0.2) is 105 Å². The predicted molar refractivity (Wildman–Crippen MR) is 291 cm³/mol. The van der Waals surface area contributed by atoms with E-state index in [-0.39, 0.29) is 6.42 Å². The second kappa shape index (κ2) is 28.0. The standard InChI is InChI=1S/C20H27NOSi.C18H26FN3O5.C10H20N2O4.C8H6FNO/c1-23(2,3)22-20(19-15-10-16-21-19,17-11-6-4-7-12-17)18-13-8-5-9-14-18;1-17(2,3)26-15(24)21-13(11-7-12(19)10-20-9-11)8-14(23)22(21)16(25)27-18(4,5)6;1-9(2,3)15-7(13)11-12-8(14)16-10(4,5)6;9-8-4-7(2-1-3-11)5-10-6-8/h4-9,11-14,19,21H,10,15-16H2,1-3H3;7,9-10,13-14,23H,8H2,1-6H3;1-6H3,(H,11,13)(H,12,14);1-6H/b;;;2-1+/t19-;;;/m0.../s1. The van der Waals surface area contributed by atoms with E-state index < -0.39 is 84.6 Å². The Balaban J connectivity index is 0.000000284. The van der Waals surface area contributed by atoms with Gasteiger partial charge in [-0.2, -0.15) is 5.01 Å². The first-order chi connectivity index (χ1) is 35.6. The van der Waals surface area contributed by atoms with Crippen LogP contribution in [0.4, 0.5) is 28.0 Å². The molecule has 0 radical (unpaired) electrons. The molecule has 0 spiro atoms. The maximum atomic E-state index is 13.6. The summed E-state index contributed by atoms with van der Waals surface area (Å²) in [4.78, 5) is 64.9. The van der Waals surface area contributed by atoms with Crippen molar-refractivity contribution in [3.05, 3.63) is 138 Å². The Bertz CT molecular complexity index is 2490. The normalized spacial score (nSPS) is 16.8. The lowest BCUT2D eigenvalue weighted by atomic mass is 9.79. The van der Waals surface area contributed by atoms with E-state index in [1.807, 2.05) is 0 Å². The zero-order chi connectivity index (χ0) is 58.0. The van der Waals surface area contributed by atoms with Crippen molar-refractivity contribution in [2.75, 3.05) is 6.54 Å². The Labute approximate surface area is 453 Å². The molecule has 3 atom stereocenters. The summed E-state index contributed by atoms with van der Waals surface area (Å²) in [5, 5.41) is 15.9. The highest BCUT2D eigenvalue weighted by molar-refractivity contribution is 6.69. The van der Waals surface area contributed by atoms with Crippen LogP contribution >= 0.6 is 0 Å². The first-order valence-electron chi connectivity index (χ1n) is 25.2. The van der Waals surface area contributed by atoms with E-state index in [0.29, 0.717) is 23.5 Å². The zero-order valence-electron chi connectivity index (χ0n) is 47.1. The summed E-state index contributed by atoms with van der Waals surface area (Å²) in [6, 6.07) is 23.5. The van der Waals surface area contributed by atoms with Gasteiger partial charge in [0.2, 0.25) is 0 Å². The molecule has 77 heavy (non-hydrogen) atoms. The monoisotopic (exact) mass is 1090 g/mol. The molecule has 422 valence electrons. The zero-order valence-corrected chi connectivity index (χ0v) is 48.1. The molecule has 2 aromatic carbocycles. The van der Waals surface area contributed by atoms with Gasteiger partial charge in [-0.05, 0) is 163 Å². The number of nitrogens with one attached hydrogen (secondary N) is 3. The van der Waals surface area contributed by atoms with Crippen molar-refractivity contribution >= 4 is 45.1 Å². The van der Waals surface area contributed by atoms with E-state index in [1.165, 1.54) is 54.2 Å². The van der Waals surface area contributed by atoms with Gasteiger partial charge in [0.25, 0.3) is 0 Å². The molecule has 2 saturated heterocycles. The molecule has 2 aromatic heterocycles. The van der Waals surface area contributed by atoms with Crippen molar-refractivity contribution in [3.8, 4) is 0 Å². The molecule has 0 saturated carbocycles. The van der Waals surface area contributed by atoms with Gasteiger partial charge in [-0.1, -0.05) is 66.7 Å². The second-order valence-electron chi connectivity index (χ2n) is 22.8. The lowest BCUT2D eigenvalue weighted by Crippen LogP contribution is -2.53. The Hall–Kier alpha value is -6.81. The number of benzene rings is 2. The lowest BCUT2D eigenvalue weighted by molar-refractivity contribution is -0.104. The fourth-order valence-electron chi connectivity index (χ4n) is 7.65. The summed E-state index contributed by atoms with van der Waals surface area (Å²) in [7, 11) is -1.77. The Kier molecular flexibility index (Phi) is 23.4. The number of hydrogen-bond donors (Lipinski definition) is 4. The van der Waals surface area contributed by atoms with E-state index >= 15 is 0 Å². The maximum absolute atomic E-state index is 13.6. The number of hydrazine groups is 2. The molecule has 4 aromatic rings. The number of allylic oxidation sites excluding steroid dienone is 1. The molecule has 4 amide bonds. The summed E-state index contributed by atoms with van der Waals surface area (Å²) in [6.45, 7) is 28.3. The van der Waals surface area contributed by atoms with Gasteiger partial charge in [-0.15, -0.1) is 0 Å². The fraction of sp³-hybridized carbons (Fsp3) is 0.482. The minimum Gasteiger partial charge on any atom is -0.443 e. The maximum Gasteiger partial charge on any atom is 0.431 e. The van der Waals surface area contributed by atoms with E-state index in [0.717, 1.165) is 35.4 Å². The number of halogens is 2. The number of ether oxygens (including phenoxy) is 4. The third kappa shape index (κ3) is 22.7. The molecule has 2 aliphatic heterocycles. The van der Waals surface area contributed by atoms with Gasteiger partial charge in [-0.25, -0.2) is 43.8 Å². The van der Waals surface area contributed by atoms with Crippen LogP contribution in [-0.2, 0) is 33.8 Å². The number of pyridine rings is 2. The molecule has 0 aliphatic carbocycles. The van der Waals surface area contributed by atoms with Crippen LogP contribution in [0.3, 0.4) is 0 Å². The number of carbonyl (C=O) groups is 5. The molecule has 4 N–H and O–H groups in total. The van der Waals surface area contributed by atoms with Crippen LogP contribution in [0.5, 0.6) is 0 Å². The van der Waals surface area contributed by atoms with Gasteiger partial charge in [-0.3, -0.25) is 14.8 Å². The van der Waals surface area contributed by atoms with E-state index in [2.05, 4.69) is 106 Å². The molecule has 2 unspecified atom stereocenters. The van der Waals surface area contributed by atoms with E-state index in [4.69, 9.17) is 23.4 Å². The molecule has 21 heteroatoms. The third-order valence-electron chi connectivity index (χ3n) is 10.1. The lowest BCUT2D eigenvalue weighted by Gasteiger charge is -2.44. The van der Waals surface area contributed by atoms with Crippen molar-refractivity contribution in [1.82, 2.24) is 36.2 Å². The second-order valence-corrected chi connectivity index (χ2v) is 27.3. The molecule has 18 nitrogen and oxygen atoms in total. The van der Waals surface area contributed by atoms with Crippen LogP contribution in [0.2, 0.25) is 19.6 Å². The number of nitrogens with zero attached hydrogens (tertiary/aromatic N) is 4. The van der Waals surface area contributed by atoms with Gasteiger partial charge < -0.3 is 33.8 Å². The quantitative estimate of drug-likeness (QED) is 0.0424. The van der Waals surface area contributed by atoms with Gasteiger partial charge in [0.05, 0.1) is 18.4 Å². The molecule has 0 bridgehead atoms. The van der Waals surface area contributed by atoms with Gasteiger partial charge in [0.15, 0.2) is 14.5 Å². The van der Waals surface area contributed by atoms with Crippen molar-refractivity contribution in [1.29, 1.82) is 0 Å². The number of aliphatic hydroxyl groups excluding tert-OH is 1. The Morgan fingerprint density at radius 1 is 0.675 bits per heavy atom. The molecule has 4 heterocycles. The molecule has 2 fully saturated rings. The summed E-state index contributed by atoms with van der Waals surface area (Å²) in [5.74, 6) is -1.00. The first kappa shape index (κ1) is 64.5. The number of rotatable bonds is 8. The number of carbonyl (C=O) groups excluding carboxylic acids is 5. The summed E-state index contributed by atoms with van der Waals surface area (Å²) in [5.41, 5.74) is 4.27. The predicted octanol–water partition coefficient (Wildman–Crippen LogP) is 11.3. The average molecular weight is 1090 g/mol. The average Bonchev–Trinajstić information content (AvgIpc) is 3.97. The number of aldehydes is 1. The van der Waals surface area contributed by atoms with E-state index in [1.54, 1.807) is 83.1 Å². The minimum atomic E-state index is -1.77. The van der Waals surface area contributed by atoms with Crippen LogP contribution in [0.1, 0.15) is 131 Å². The number of amides is 4. The Morgan fingerprint density at radius 2 is 1.13 bits per heavy atom. The molecule has 2 aliphatic rings. The minimum absolute atomic E-state index is 0.0381. The van der Waals surface area contributed by atoms with Crippen LogP contribution in [0.25, 0.3) is 6.08 Å². The Morgan fingerprint density at radius 3 is 1.53 bits per heavy atom. The molecular formula is C56H79F2N7O11Si. The number of aromatic nitrogens is 2. The van der Waals surface area contributed by atoms with Crippen LogP contribution in [0, 0.1) is 11.6 Å². The van der Waals surface area contributed by atoms with Gasteiger partial charge >= 0.3 is 24.4 Å². The molecule has 6 rings (SSSR count). The SMILES string of the molecule is CC(C)(C)OC(=O)N1C(O)CC(c2cncc(F)c2)N1C(=O)OC(C)(C)C.CC(C)(C)OC(=O)NNC(=O)OC(C)(C)C.C[Si](C)(C)OC(c1ccccc1)(c1ccccc1)[C@@H]1CCCN1.O=C/C=C/c1cncc(F)c1. The highest BCUT2D eigenvalue weighted by Crippen LogP contribution is 2.42. The fourth-order valence-corrected chi connectivity index (χ4v) is 8.99. The summed E-state index contributed by atoms with van der Waals surface area (Å²) >= 11 is 0. The summed E-state index contributed by atoms with van der Waals surface area (Å²) in [6.07, 6.45) is 6.11. The van der Waals surface area contributed by atoms with Crippen LogP contribution < -0.4 is 16.2 Å². The van der Waals surface area contributed by atoms with Crippen molar-refractivity contribution in [2.24, 2.45) is 0 Å². The van der Waals surface area contributed by atoms with Gasteiger partial charge in [0.1, 0.15) is 45.9 Å². The summed E-state index contributed by atoms with van der Waals surface area (Å²) < 4.78 is 53.5. The van der Waals surface area contributed by atoms with E-state index in [9.17, 15) is 37.9 Å². The third-order valence-corrected chi connectivity index (χ3v) is 11.0. The van der Waals surface area contributed by atoms with Gasteiger partial charge in [0, 0.05) is 24.9 Å². The van der Waals surface area contributed by atoms with Crippen LogP contribution in [0.15, 0.2) is 104 Å². The van der Waals surface area contributed by atoms with Crippen molar-refractivity contribution in [2.45, 2.75) is 168 Å². The van der Waals surface area contributed by atoms with Crippen molar-refractivity contribution in [3.63, 3.8) is 0 Å². The van der Waals surface area contributed by atoms with Crippen molar-refractivity contribution < 1.29 is 61.2 Å². The highest BCUT2D eigenvalue weighted by Gasteiger charge is 2.49. The highest BCUT2D eigenvalue weighted by atomic mass is 28.4. The smallest absolute Gasteiger partial charge is 0.431 e. The largest absolute Gasteiger partial charge is 0.443 e. The number of hydrogen-bond acceptors (Lipinski definition) is 14. The number of aliphatic hydroxyl groups is 1. The topological polar surface area (TPSA) is 220 Å².